The summed E-state index contributed by atoms with van der Waals surface area (Å²) >= 11 is 2.03. The van der Waals surface area contributed by atoms with Gasteiger partial charge in [0.2, 0.25) is 0 Å². The van der Waals surface area contributed by atoms with Crippen molar-refractivity contribution in [3.05, 3.63) is 35.9 Å². The van der Waals surface area contributed by atoms with Crippen molar-refractivity contribution < 1.29 is 5.11 Å². The predicted octanol–water partition coefficient (Wildman–Crippen LogP) is 3.64. The quantitative estimate of drug-likeness (QED) is 0.614. The lowest BCUT2D eigenvalue weighted by Crippen LogP contribution is -2.18. The third kappa shape index (κ3) is 5.68. The summed E-state index contributed by atoms with van der Waals surface area (Å²) < 4.78 is 0. The molecule has 20 heavy (non-hydrogen) atoms. The lowest BCUT2D eigenvalue weighted by atomic mass is 9.83. The second-order valence-corrected chi connectivity index (χ2v) is 6.74. The topological polar surface area (TPSA) is 32.6 Å². The number of aliphatic imine (C=N–C) groups is 1. The molecule has 0 unspecified atom stereocenters. The third-order valence-corrected chi connectivity index (χ3v) is 5.16. The van der Waals surface area contributed by atoms with Crippen LogP contribution >= 0.6 is 11.8 Å². The summed E-state index contributed by atoms with van der Waals surface area (Å²) in [6, 6.07) is 10.3. The number of aliphatic hydroxyl groups excluding tert-OH is 1. The molecule has 0 aliphatic heterocycles. The number of hydrogen-bond acceptors (Lipinski definition) is 3. The van der Waals surface area contributed by atoms with Crippen LogP contribution in [0.1, 0.15) is 31.2 Å². The van der Waals surface area contributed by atoms with Crippen molar-refractivity contribution in [3.8, 4) is 0 Å². The first-order valence-electron chi connectivity index (χ1n) is 7.62. The number of hydrogen-bond donors (Lipinski definition) is 1. The van der Waals surface area contributed by atoms with Crippen LogP contribution in [0.3, 0.4) is 0 Å². The van der Waals surface area contributed by atoms with Crippen LogP contribution in [0.15, 0.2) is 35.3 Å². The highest BCUT2D eigenvalue weighted by Crippen LogP contribution is 2.30. The van der Waals surface area contributed by atoms with E-state index in [2.05, 4.69) is 17.1 Å². The Morgan fingerprint density at radius 3 is 2.50 bits per heavy atom. The summed E-state index contributed by atoms with van der Waals surface area (Å²) in [6.45, 7) is 1.29. The number of benzene rings is 1. The minimum Gasteiger partial charge on any atom is -0.396 e. The van der Waals surface area contributed by atoms with E-state index in [1.165, 1.54) is 37.0 Å². The van der Waals surface area contributed by atoms with Gasteiger partial charge in [-0.25, -0.2) is 0 Å². The fourth-order valence-electron chi connectivity index (χ4n) is 2.66. The number of nitrogens with zero attached hydrogens (tertiary/aromatic N) is 1. The maximum Gasteiger partial charge on any atom is 0.0480 e. The minimum absolute atomic E-state index is 0.383. The first-order valence-corrected chi connectivity index (χ1v) is 8.77. The first kappa shape index (κ1) is 15.6. The normalized spacial score (nSPS) is 23.2. The van der Waals surface area contributed by atoms with Crippen LogP contribution in [0, 0.1) is 11.8 Å². The van der Waals surface area contributed by atoms with Crippen LogP contribution < -0.4 is 0 Å². The summed E-state index contributed by atoms with van der Waals surface area (Å²) in [5, 5.41) is 9.12. The van der Waals surface area contributed by atoms with E-state index < -0.39 is 0 Å². The fraction of sp³-hybridized carbons (Fsp3) is 0.588. The molecule has 0 aromatic heterocycles. The van der Waals surface area contributed by atoms with Gasteiger partial charge >= 0.3 is 0 Å². The van der Waals surface area contributed by atoms with Gasteiger partial charge < -0.3 is 5.11 Å². The molecule has 1 aliphatic rings. The van der Waals surface area contributed by atoms with Crippen LogP contribution in [0.4, 0.5) is 0 Å². The zero-order valence-electron chi connectivity index (χ0n) is 12.1. The Bertz CT molecular complexity index is 385. The highest BCUT2D eigenvalue weighted by molar-refractivity contribution is 7.99. The largest absolute Gasteiger partial charge is 0.396 e. The zero-order chi connectivity index (χ0) is 14.0. The lowest BCUT2D eigenvalue weighted by Gasteiger charge is -2.26. The Balaban J connectivity index is 1.53. The average Bonchev–Trinajstić information content (AvgIpc) is 2.52. The van der Waals surface area contributed by atoms with Gasteiger partial charge in [0.05, 0.1) is 0 Å². The second-order valence-electron chi connectivity index (χ2n) is 5.59. The van der Waals surface area contributed by atoms with Gasteiger partial charge in [0, 0.05) is 25.1 Å². The average molecular weight is 291 g/mol. The van der Waals surface area contributed by atoms with Crippen molar-refractivity contribution in [1.82, 2.24) is 0 Å². The smallest absolute Gasteiger partial charge is 0.0480 e. The van der Waals surface area contributed by atoms with Crippen molar-refractivity contribution in [1.29, 1.82) is 0 Å². The molecule has 110 valence electrons. The molecule has 1 aromatic carbocycles. The molecule has 0 heterocycles. The summed E-state index contributed by atoms with van der Waals surface area (Å²) in [5.41, 5.74) is 1.18. The maximum absolute atomic E-state index is 9.12. The molecular formula is C17H25NOS. The molecule has 3 heteroatoms. The molecule has 0 bridgehead atoms. The summed E-state index contributed by atoms with van der Waals surface area (Å²) in [6.07, 6.45) is 6.99. The van der Waals surface area contributed by atoms with Crippen molar-refractivity contribution in [3.63, 3.8) is 0 Å². The maximum atomic E-state index is 9.12. The summed E-state index contributed by atoms with van der Waals surface area (Å²) in [7, 11) is 0. The van der Waals surface area contributed by atoms with E-state index in [1.54, 1.807) is 0 Å². The van der Waals surface area contributed by atoms with Crippen LogP contribution in [-0.4, -0.2) is 36.0 Å². The van der Waals surface area contributed by atoms with Gasteiger partial charge in [-0.15, -0.1) is 0 Å². The van der Waals surface area contributed by atoms with Crippen molar-refractivity contribution in [2.24, 2.45) is 16.8 Å². The van der Waals surface area contributed by atoms with E-state index in [4.69, 9.17) is 5.11 Å². The molecule has 1 aliphatic carbocycles. The van der Waals surface area contributed by atoms with Crippen LogP contribution in [0.25, 0.3) is 0 Å². The number of thioether (sulfide) groups is 1. The Labute approximate surface area is 126 Å². The highest BCUT2D eigenvalue weighted by atomic mass is 32.2. The van der Waals surface area contributed by atoms with Crippen LogP contribution in [0.5, 0.6) is 0 Å². The van der Waals surface area contributed by atoms with E-state index in [9.17, 15) is 0 Å². The molecule has 1 N–H and O–H groups in total. The molecule has 0 saturated heterocycles. The highest BCUT2D eigenvalue weighted by Gasteiger charge is 2.20. The van der Waals surface area contributed by atoms with E-state index in [-0.39, 0.29) is 0 Å². The Morgan fingerprint density at radius 2 is 1.80 bits per heavy atom. The van der Waals surface area contributed by atoms with Crippen molar-refractivity contribution >= 4 is 18.0 Å². The molecule has 0 spiro atoms. The van der Waals surface area contributed by atoms with Crippen LogP contribution in [-0.2, 0) is 0 Å². The van der Waals surface area contributed by atoms with Crippen molar-refractivity contribution in [2.45, 2.75) is 25.7 Å². The number of aliphatic hydroxyl groups is 1. The van der Waals surface area contributed by atoms with E-state index in [0.717, 1.165) is 18.2 Å². The van der Waals surface area contributed by atoms with Gasteiger partial charge in [-0.1, -0.05) is 30.3 Å². The minimum atomic E-state index is 0.383. The van der Waals surface area contributed by atoms with E-state index >= 15 is 0 Å². The van der Waals surface area contributed by atoms with Gasteiger partial charge in [0.15, 0.2) is 0 Å². The van der Waals surface area contributed by atoms with Gasteiger partial charge in [-0.2, -0.15) is 11.8 Å². The Kier molecular flexibility index (Phi) is 7.16. The second kappa shape index (κ2) is 9.19. The molecule has 1 saturated carbocycles. The van der Waals surface area contributed by atoms with E-state index in [1.807, 2.05) is 36.2 Å². The summed E-state index contributed by atoms with van der Waals surface area (Å²) in [4.78, 5) is 4.47. The van der Waals surface area contributed by atoms with Crippen LogP contribution in [0.2, 0.25) is 0 Å². The third-order valence-electron chi connectivity index (χ3n) is 3.98. The fourth-order valence-corrected chi connectivity index (χ4v) is 3.72. The van der Waals surface area contributed by atoms with Gasteiger partial charge in [-0.3, -0.25) is 4.99 Å². The molecule has 0 radical (unpaired) electrons. The molecule has 2 nitrogen and oxygen atoms in total. The Morgan fingerprint density at radius 1 is 1.10 bits per heavy atom. The standard InChI is InChI=1S/C17H25NOS/c19-13-16-6-8-17(9-7-16)14-20-11-10-18-12-15-4-2-1-3-5-15/h1-5,12,16-17,19H,6-11,13-14H2. The predicted molar refractivity (Wildman–Crippen MR) is 88.8 cm³/mol. The lowest BCUT2D eigenvalue weighted by molar-refractivity contribution is 0.173. The van der Waals surface area contributed by atoms with Gasteiger partial charge in [0.1, 0.15) is 0 Å². The zero-order valence-corrected chi connectivity index (χ0v) is 12.9. The first-order chi connectivity index (χ1) is 9.88. The monoisotopic (exact) mass is 291 g/mol. The van der Waals surface area contributed by atoms with Gasteiger partial charge in [-0.05, 0) is 48.8 Å². The molecule has 0 amide bonds. The molecule has 0 atom stereocenters. The molecule has 2 rings (SSSR count). The van der Waals surface area contributed by atoms with E-state index in [0.29, 0.717) is 12.5 Å². The summed E-state index contributed by atoms with van der Waals surface area (Å²) in [5.74, 6) is 3.81. The SMILES string of the molecule is OCC1CCC(CSCCN=Cc2ccccc2)CC1. The molecular weight excluding hydrogens is 266 g/mol. The molecule has 1 fully saturated rings. The number of rotatable bonds is 7. The van der Waals surface area contributed by atoms with Gasteiger partial charge in [0.25, 0.3) is 0 Å². The Hall–Kier alpha value is -0.800. The molecule has 1 aromatic rings. The van der Waals surface area contributed by atoms with Crippen molar-refractivity contribution in [2.75, 3.05) is 24.7 Å².